The van der Waals surface area contributed by atoms with E-state index in [2.05, 4.69) is 0 Å². The SMILES string of the molecule is O=C[C@@H]1CCCN1C(=O)C(F)(F)F. The number of rotatable bonds is 1. The third-order valence-electron chi connectivity index (χ3n) is 1.96. The molecule has 0 radical (unpaired) electrons. The number of hydrogen-bond acceptors (Lipinski definition) is 2. The molecule has 0 spiro atoms. The summed E-state index contributed by atoms with van der Waals surface area (Å²) in [6, 6.07) is -0.894. The molecule has 6 heteroatoms. The van der Waals surface area contributed by atoms with Gasteiger partial charge in [-0.1, -0.05) is 0 Å². The zero-order valence-corrected chi connectivity index (χ0v) is 6.67. The van der Waals surface area contributed by atoms with E-state index in [1.165, 1.54) is 0 Å². The maximum Gasteiger partial charge on any atom is 0.471 e. The Morgan fingerprint density at radius 1 is 1.46 bits per heavy atom. The lowest BCUT2D eigenvalue weighted by atomic mass is 10.2. The third-order valence-corrected chi connectivity index (χ3v) is 1.96. The van der Waals surface area contributed by atoms with Gasteiger partial charge in [0.25, 0.3) is 0 Å². The molecule has 0 aromatic heterocycles. The van der Waals surface area contributed by atoms with Crippen LogP contribution in [0.1, 0.15) is 12.8 Å². The highest BCUT2D eigenvalue weighted by Gasteiger charge is 2.45. The molecule has 0 N–H and O–H groups in total. The summed E-state index contributed by atoms with van der Waals surface area (Å²) in [5.41, 5.74) is 0. The Balaban J connectivity index is 2.71. The van der Waals surface area contributed by atoms with Crippen LogP contribution in [0.5, 0.6) is 0 Å². The van der Waals surface area contributed by atoms with Gasteiger partial charge in [-0.25, -0.2) is 0 Å². The van der Waals surface area contributed by atoms with Crippen LogP contribution >= 0.6 is 0 Å². The van der Waals surface area contributed by atoms with Gasteiger partial charge in [0.15, 0.2) is 0 Å². The standard InChI is InChI=1S/C7H8F3NO2/c8-7(9,10)6(13)11-3-1-2-5(11)4-12/h4-5H,1-3H2/t5-/m0/s1. The normalized spacial score (nSPS) is 23.3. The summed E-state index contributed by atoms with van der Waals surface area (Å²) >= 11 is 0. The summed E-state index contributed by atoms with van der Waals surface area (Å²) < 4.78 is 35.7. The molecule has 0 aliphatic carbocycles. The van der Waals surface area contributed by atoms with Crippen molar-refractivity contribution in [3.63, 3.8) is 0 Å². The number of hydrogen-bond donors (Lipinski definition) is 0. The van der Waals surface area contributed by atoms with Crippen LogP contribution in [0.3, 0.4) is 0 Å². The van der Waals surface area contributed by atoms with E-state index in [0.717, 1.165) is 0 Å². The topological polar surface area (TPSA) is 37.4 Å². The van der Waals surface area contributed by atoms with Crippen LogP contribution in [0.2, 0.25) is 0 Å². The van der Waals surface area contributed by atoms with Crippen molar-refractivity contribution in [3.8, 4) is 0 Å². The number of carbonyl (C=O) groups excluding carboxylic acids is 2. The molecule has 0 bridgehead atoms. The first-order valence-corrected chi connectivity index (χ1v) is 3.80. The van der Waals surface area contributed by atoms with Crippen molar-refractivity contribution in [2.24, 2.45) is 0 Å². The Labute approximate surface area is 72.5 Å². The summed E-state index contributed by atoms with van der Waals surface area (Å²) in [6.45, 7) is 0.0156. The second-order valence-electron chi connectivity index (χ2n) is 2.84. The van der Waals surface area contributed by atoms with Crippen molar-refractivity contribution in [2.75, 3.05) is 6.54 Å². The maximum absolute atomic E-state index is 11.9. The molecule has 1 aliphatic heterocycles. The van der Waals surface area contributed by atoms with E-state index < -0.39 is 18.1 Å². The van der Waals surface area contributed by atoms with Crippen molar-refractivity contribution < 1.29 is 22.8 Å². The second kappa shape index (κ2) is 3.35. The molecular weight excluding hydrogens is 187 g/mol. The molecular formula is C7H8F3NO2. The number of amides is 1. The summed E-state index contributed by atoms with van der Waals surface area (Å²) in [7, 11) is 0. The molecule has 13 heavy (non-hydrogen) atoms. The molecule has 1 rings (SSSR count). The Bertz CT molecular complexity index is 226. The average molecular weight is 195 g/mol. The van der Waals surface area contributed by atoms with E-state index in [1.807, 2.05) is 0 Å². The van der Waals surface area contributed by atoms with Crippen LogP contribution in [0.15, 0.2) is 0 Å². The zero-order chi connectivity index (χ0) is 10.1. The molecule has 0 aromatic carbocycles. The van der Waals surface area contributed by atoms with Gasteiger partial charge in [-0.15, -0.1) is 0 Å². The number of likely N-dealkylation sites (tertiary alicyclic amines) is 1. The summed E-state index contributed by atoms with van der Waals surface area (Å²) in [4.78, 5) is 21.5. The number of halogens is 3. The van der Waals surface area contributed by atoms with Gasteiger partial charge < -0.3 is 9.69 Å². The fraction of sp³-hybridized carbons (Fsp3) is 0.714. The minimum absolute atomic E-state index is 0.0156. The van der Waals surface area contributed by atoms with E-state index >= 15 is 0 Å². The number of nitrogens with zero attached hydrogens (tertiary/aromatic N) is 1. The maximum atomic E-state index is 11.9. The van der Waals surface area contributed by atoms with Crippen LogP contribution in [0.4, 0.5) is 13.2 Å². The van der Waals surface area contributed by atoms with Crippen molar-refractivity contribution >= 4 is 12.2 Å². The monoisotopic (exact) mass is 195 g/mol. The number of alkyl halides is 3. The fourth-order valence-electron chi connectivity index (χ4n) is 1.35. The van der Waals surface area contributed by atoms with Gasteiger partial charge in [-0.05, 0) is 12.8 Å². The van der Waals surface area contributed by atoms with E-state index in [4.69, 9.17) is 0 Å². The van der Waals surface area contributed by atoms with Crippen LogP contribution in [-0.2, 0) is 9.59 Å². The number of aldehydes is 1. The highest BCUT2D eigenvalue weighted by atomic mass is 19.4. The molecule has 1 saturated heterocycles. The van der Waals surface area contributed by atoms with Gasteiger partial charge in [0.05, 0.1) is 6.04 Å². The van der Waals surface area contributed by atoms with Gasteiger partial charge in [0.1, 0.15) is 6.29 Å². The van der Waals surface area contributed by atoms with Crippen molar-refractivity contribution in [3.05, 3.63) is 0 Å². The number of carbonyl (C=O) groups is 2. The van der Waals surface area contributed by atoms with E-state index in [-0.39, 0.29) is 6.54 Å². The van der Waals surface area contributed by atoms with Gasteiger partial charge in [0.2, 0.25) is 0 Å². The molecule has 1 aliphatic rings. The molecule has 74 valence electrons. The molecule has 1 atom stereocenters. The molecule has 1 heterocycles. The summed E-state index contributed by atoms with van der Waals surface area (Å²) in [5, 5.41) is 0. The first-order chi connectivity index (χ1) is 5.96. The van der Waals surface area contributed by atoms with Crippen LogP contribution in [-0.4, -0.2) is 35.9 Å². The highest BCUT2D eigenvalue weighted by molar-refractivity contribution is 5.85. The van der Waals surface area contributed by atoms with Crippen molar-refractivity contribution in [2.45, 2.75) is 25.1 Å². The highest BCUT2D eigenvalue weighted by Crippen LogP contribution is 2.24. The molecule has 0 aromatic rings. The van der Waals surface area contributed by atoms with Crippen molar-refractivity contribution in [1.82, 2.24) is 4.90 Å². The summed E-state index contributed by atoms with van der Waals surface area (Å²) in [5.74, 6) is -1.91. The molecule has 1 fully saturated rings. The first-order valence-electron chi connectivity index (χ1n) is 3.80. The predicted octanol–water partition coefficient (Wildman–Crippen LogP) is 0.739. The Kier molecular flexibility index (Phi) is 2.58. The lowest BCUT2D eigenvalue weighted by molar-refractivity contribution is -0.186. The van der Waals surface area contributed by atoms with Gasteiger partial charge in [0, 0.05) is 6.54 Å². The minimum Gasteiger partial charge on any atom is -0.325 e. The molecule has 3 nitrogen and oxygen atoms in total. The predicted molar refractivity (Wildman–Crippen MR) is 36.9 cm³/mol. The van der Waals surface area contributed by atoms with Gasteiger partial charge in [-0.2, -0.15) is 13.2 Å². The van der Waals surface area contributed by atoms with Crippen LogP contribution in [0, 0.1) is 0 Å². The lowest BCUT2D eigenvalue weighted by Gasteiger charge is -2.21. The Morgan fingerprint density at radius 2 is 2.08 bits per heavy atom. The third kappa shape index (κ3) is 1.99. The quantitative estimate of drug-likeness (QED) is 0.578. The van der Waals surface area contributed by atoms with Gasteiger partial charge >= 0.3 is 12.1 Å². The Morgan fingerprint density at radius 3 is 2.54 bits per heavy atom. The van der Waals surface area contributed by atoms with Gasteiger partial charge in [-0.3, -0.25) is 4.79 Å². The second-order valence-corrected chi connectivity index (χ2v) is 2.84. The molecule has 0 unspecified atom stereocenters. The minimum atomic E-state index is -4.87. The largest absolute Gasteiger partial charge is 0.471 e. The van der Waals surface area contributed by atoms with Crippen molar-refractivity contribution in [1.29, 1.82) is 0 Å². The fourth-order valence-corrected chi connectivity index (χ4v) is 1.35. The average Bonchev–Trinajstić information content (AvgIpc) is 2.48. The van der Waals surface area contributed by atoms with E-state index in [0.29, 0.717) is 24.0 Å². The van der Waals surface area contributed by atoms with E-state index in [1.54, 1.807) is 0 Å². The molecule has 1 amide bonds. The summed E-state index contributed by atoms with van der Waals surface area (Å²) in [6.07, 6.45) is -3.71. The Hall–Kier alpha value is -1.07. The lowest BCUT2D eigenvalue weighted by Crippen LogP contribution is -2.44. The van der Waals surface area contributed by atoms with E-state index in [9.17, 15) is 22.8 Å². The van der Waals surface area contributed by atoms with Crippen LogP contribution < -0.4 is 0 Å². The first kappa shape index (κ1) is 10.0. The zero-order valence-electron chi connectivity index (χ0n) is 6.67. The smallest absolute Gasteiger partial charge is 0.325 e. The van der Waals surface area contributed by atoms with Crippen LogP contribution in [0.25, 0.3) is 0 Å². The molecule has 0 saturated carbocycles.